The molecule has 0 radical (unpaired) electrons. The molecule has 0 saturated heterocycles. The largest absolute Gasteiger partial charge is 0.452 e. The lowest BCUT2D eigenvalue weighted by Gasteiger charge is -2.15. The van der Waals surface area contributed by atoms with Crippen LogP contribution in [-0.2, 0) is 20.7 Å². The first-order valence-electron chi connectivity index (χ1n) is 8.44. The molecule has 0 heterocycles. The van der Waals surface area contributed by atoms with Gasteiger partial charge in [-0.25, -0.2) is 4.39 Å². The standard InChI is InChI=1S/C19H24FNO3/c1-14(19(23)21-12-11-15-5-3-2-4-6-15)24-18(22)13-16-7-9-17(20)10-8-16/h5,7-10,14H,2-4,6,11-13H2,1H3,(H,21,23)/t14-/m1/s1. The van der Waals surface area contributed by atoms with Gasteiger partial charge in [-0.1, -0.05) is 23.8 Å². The Labute approximate surface area is 142 Å². The van der Waals surface area contributed by atoms with Gasteiger partial charge in [0.2, 0.25) is 0 Å². The predicted molar refractivity (Wildman–Crippen MR) is 89.8 cm³/mol. The molecule has 0 aliphatic heterocycles. The first-order valence-corrected chi connectivity index (χ1v) is 8.44. The lowest BCUT2D eigenvalue weighted by molar-refractivity contribution is -0.154. The minimum atomic E-state index is -0.835. The Bertz CT molecular complexity index is 595. The molecule has 1 aliphatic rings. The topological polar surface area (TPSA) is 55.4 Å². The summed E-state index contributed by atoms with van der Waals surface area (Å²) < 4.78 is 17.9. The minimum Gasteiger partial charge on any atom is -0.452 e. The van der Waals surface area contributed by atoms with Crippen LogP contribution >= 0.6 is 0 Å². The monoisotopic (exact) mass is 333 g/mol. The van der Waals surface area contributed by atoms with Crippen molar-refractivity contribution < 1.29 is 18.7 Å². The van der Waals surface area contributed by atoms with E-state index in [0.717, 1.165) is 19.3 Å². The summed E-state index contributed by atoms with van der Waals surface area (Å²) >= 11 is 0. The van der Waals surface area contributed by atoms with Crippen molar-refractivity contribution in [3.63, 3.8) is 0 Å². The maximum atomic E-state index is 12.8. The summed E-state index contributed by atoms with van der Waals surface area (Å²) in [6, 6.07) is 5.63. The zero-order valence-electron chi connectivity index (χ0n) is 14.0. The Balaban J connectivity index is 1.69. The number of esters is 1. The first-order chi connectivity index (χ1) is 11.5. The highest BCUT2D eigenvalue weighted by atomic mass is 19.1. The summed E-state index contributed by atoms with van der Waals surface area (Å²) in [5, 5.41) is 2.80. The van der Waals surface area contributed by atoms with Gasteiger partial charge in [-0.15, -0.1) is 0 Å². The molecule has 2 rings (SSSR count). The van der Waals surface area contributed by atoms with Crippen LogP contribution in [0.5, 0.6) is 0 Å². The quantitative estimate of drug-likeness (QED) is 0.615. The molecule has 0 unspecified atom stereocenters. The van der Waals surface area contributed by atoms with E-state index in [9.17, 15) is 14.0 Å². The van der Waals surface area contributed by atoms with Crippen molar-refractivity contribution in [2.24, 2.45) is 0 Å². The molecule has 24 heavy (non-hydrogen) atoms. The van der Waals surface area contributed by atoms with Crippen LogP contribution in [0, 0.1) is 5.82 Å². The van der Waals surface area contributed by atoms with E-state index in [2.05, 4.69) is 11.4 Å². The van der Waals surface area contributed by atoms with E-state index in [1.54, 1.807) is 6.92 Å². The van der Waals surface area contributed by atoms with Gasteiger partial charge in [0.25, 0.3) is 5.91 Å². The van der Waals surface area contributed by atoms with Crippen LogP contribution in [0.3, 0.4) is 0 Å². The molecular weight excluding hydrogens is 309 g/mol. The molecule has 0 spiro atoms. The van der Waals surface area contributed by atoms with Crippen molar-refractivity contribution in [3.05, 3.63) is 47.3 Å². The van der Waals surface area contributed by atoms with Crippen molar-refractivity contribution in [2.45, 2.75) is 51.6 Å². The SMILES string of the molecule is C[C@@H](OC(=O)Cc1ccc(F)cc1)C(=O)NCCC1=CCCCC1. The predicted octanol–water partition coefficient (Wildman–Crippen LogP) is 3.31. The normalized spacial score (nSPS) is 15.3. The van der Waals surface area contributed by atoms with Crippen molar-refractivity contribution >= 4 is 11.9 Å². The van der Waals surface area contributed by atoms with Crippen LogP contribution < -0.4 is 5.32 Å². The van der Waals surface area contributed by atoms with Crippen LogP contribution in [0.2, 0.25) is 0 Å². The van der Waals surface area contributed by atoms with Crippen molar-refractivity contribution in [1.29, 1.82) is 0 Å². The van der Waals surface area contributed by atoms with Crippen LogP contribution in [0.4, 0.5) is 4.39 Å². The molecule has 0 bridgehead atoms. The number of nitrogens with one attached hydrogen (secondary N) is 1. The average Bonchev–Trinajstić information content (AvgIpc) is 2.57. The fraction of sp³-hybridized carbons (Fsp3) is 0.474. The molecule has 1 aromatic carbocycles. The Morgan fingerprint density at radius 1 is 1.25 bits per heavy atom. The summed E-state index contributed by atoms with van der Waals surface area (Å²) in [6.45, 7) is 2.11. The third-order valence-corrected chi connectivity index (χ3v) is 4.07. The number of benzene rings is 1. The molecule has 1 aromatic rings. The number of carbonyl (C=O) groups is 2. The minimum absolute atomic E-state index is 0.0186. The lowest BCUT2D eigenvalue weighted by Crippen LogP contribution is -2.36. The molecule has 5 heteroatoms. The van der Waals surface area contributed by atoms with Crippen molar-refractivity contribution in [2.75, 3.05) is 6.54 Å². The Morgan fingerprint density at radius 2 is 2.00 bits per heavy atom. The second kappa shape index (κ2) is 9.21. The van der Waals surface area contributed by atoms with E-state index in [0.29, 0.717) is 12.1 Å². The number of allylic oxidation sites excluding steroid dienone is 1. The summed E-state index contributed by atoms with van der Waals surface area (Å²) in [7, 11) is 0. The van der Waals surface area contributed by atoms with Gasteiger partial charge < -0.3 is 10.1 Å². The van der Waals surface area contributed by atoms with Crippen LogP contribution in [0.25, 0.3) is 0 Å². The molecule has 130 valence electrons. The van der Waals surface area contributed by atoms with Crippen LogP contribution in [0.1, 0.15) is 44.6 Å². The molecule has 0 fully saturated rings. The first kappa shape index (κ1) is 18.2. The molecular formula is C19H24FNO3. The molecule has 1 amide bonds. The highest BCUT2D eigenvalue weighted by Crippen LogP contribution is 2.19. The van der Waals surface area contributed by atoms with Crippen molar-refractivity contribution in [1.82, 2.24) is 5.32 Å². The Morgan fingerprint density at radius 3 is 2.67 bits per heavy atom. The number of rotatable bonds is 7. The van der Waals surface area contributed by atoms with Gasteiger partial charge in [-0.05, 0) is 56.7 Å². The van der Waals surface area contributed by atoms with E-state index in [4.69, 9.17) is 4.74 Å². The Hall–Kier alpha value is -2.17. The average molecular weight is 333 g/mol. The van der Waals surface area contributed by atoms with E-state index >= 15 is 0 Å². The molecule has 0 saturated carbocycles. The van der Waals surface area contributed by atoms with Gasteiger partial charge in [0.1, 0.15) is 5.82 Å². The number of amides is 1. The van der Waals surface area contributed by atoms with Gasteiger partial charge >= 0.3 is 5.97 Å². The zero-order chi connectivity index (χ0) is 17.4. The van der Waals surface area contributed by atoms with Gasteiger partial charge in [-0.3, -0.25) is 9.59 Å². The van der Waals surface area contributed by atoms with Crippen LogP contribution in [-0.4, -0.2) is 24.5 Å². The maximum absolute atomic E-state index is 12.8. The summed E-state index contributed by atoms with van der Waals surface area (Å²) in [5.74, 6) is -1.15. The van der Waals surface area contributed by atoms with E-state index < -0.39 is 12.1 Å². The van der Waals surface area contributed by atoms with E-state index in [-0.39, 0.29) is 18.1 Å². The molecule has 0 aromatic heterocycles. The summed E-state index contributed by atoms with van der Waals surface area (Å²) in [4.78, 5) is 23.8. The second-order valence-electron chi connectivity index (χ2n) is 6.08. The molecule has 1 N–H and O–H groups in total. The highest BCUT2D eigenvalue weighted by Gasteiger charge is 2.17. The van der Waals surface area contributed by atoms with Gasteiger partial charge in [0, 0.05) is 6.54 Å². The Kier molecular flexibility index (Phi) is 6.97. The van der Waals surface area contributed by atoms with Crippen LogP contribution in [0.15, 0.2) is 35.9 Å². The van der Waals surface area contributed by atoms with E-state index in [1.807, 2.05) is 0 Å². The molecule has 1 atom stereocenters. The number of hydrogen-bond acceptors (Lipinski definition) is 3. The fourth-order valence-corrected chi connectivity index (χ4v) is 2.68. The fourth-order valence-electron chi connectivity index (χ4n) is 2.68. The van der Waals surface area contributed by atoms with Crippen molar-refractivity contribution in [3.8, 4) is 0 Å². The number of hydrogen-bond donors (Lipinski definition) is 1. The van der Waals surface area contributed by atoms with Gasteiger partial charge in [0.05, 0.1) is 6.42 Å². The smallest absolute Gasteiger partial charge is 0.311 e. The zero-order valence-corrected chi connectivity index (χ0v) is 14.0. The third-order valence-electron chi connectivity index (χ3n) is 4.07. The molecule has 1 aliphatic carbocycles. The number of halogens is 1. The number of carbonyl (C=O) groups excluding carboxylic acids is 2. The number of ether oxygens (including phenoxy) is 1. The van der Waals surface area contributed by atoms with Gasteiger partial charge in [0.15, 0.2) is 6.10 Å². The summed E-state index contributed by atoms with van der Waals surface area (Å²) in [5.41, 5.74) is 2.04. The summed E-state index contributed by atoms with van der Waals surface area (Å²) in [6.07, 6.45) is 6.99. The lowest BCUT2D eigenvalue weighted by atomic mass is 9.97. The highest BCUT2D eigenvalue weighted by molar-refractivity contribution is 5.83. The van der Waals surface area contributed by atoms with Gasteiger partial charge in [-0.2, -0.15) is 0 Å². The maximum Gasteiger partial charge on any atom is 0.311 e. The second-order valence-corrected chi connectivity index (χ2v) is 6.08. The molecule has 4 nitrogen and oxygen atoms in total. The van der Waals surface area contributed by atoms with E-state index in [1.165, 1.54) is 42.7 Å². The third kappa shape index (κ3) is 6.14.